The highest BCUT2D eigenvalue weighted by Gasteiger charge is 2.11. The minimum absolute atomic E-state index is 0.0945. The lowest BCUT2D eigenvalue weighted by atomic mass is 10.1. The molecular formula is C16H20N2O3. The number of carbonyl (C=O) groups excluding carboxylic acids is 1. The first-order valence-electron chi connectivity index (χ1n) is 7.17. The Morgan fingerprint density at radius 3 is 2.48 bits per heavy atom. The van der Waals surface area contributed by atoms with Crippen molar-refractivity contribution in [2.24, 2.45) is 0 Å². The monoisotopic (exact) mass is 288 g/mol. The van der Waals surface area contributed by atoms with E-state index in [1.54, 1.807) is 24.3 Å². The Balaban J connectivity index is 1.80. The number of nitrogens with one attached hydrogen (secondary N) is 1. The second kappa shape index (κ2) is 7.59. The molecule has 0 radical (unpaired) electrons. The van der Waals surface area contributed by atoms with E-state index in [1.807, 2.05) is 0 Å². The Hall–Kier alpha value is -2.14. The van der Waals surface area contributed by atoms with Crippen molar-refractivity contribution in [3.63, 3.8) is 0 Å². The van der Waals surface area contributed by atoms with E-state index in [0.717, 1.165) is 31.3 Å². The van der Waals surface area contributed by atoms with Gasteiger partial charge in [0.15, 0.2) is 0 Å². The van der Waals surface area contributed by atoms with Crippen LogP contribution in [0.2, 0.25) is 0 Å². The highest BCUT2D eigenvalue weighted by molar-refractivity contribution is 5.94. The molecule has 112 valence electrons. The molecular weight excluding hydrogens is 268 g/mol. The van der Waals surface area contributed by atoms with E-state index in [1.165, 1.54) is 18.9 Å². The van der Waals surface area contributed by atoms with Crippen LogP contribution in [-0.4, -0.2) is 48.1 Å². The molecule has 1 saturated heterocycles. The van der Waals surface area contributed by atoms with Gasteiger partial charge in [-0.1, -0.05) is 12.1 Å². The number of likely N-dealkylation sites (tertiary alicyclic amines) is 1. The van der Waals surface area contributed by atoms with E-state index < -0.39 is 5.97 Å². The number of amides is 1. The van der Waals surface area contributed by atoms with Gasteiger partial charge in [-0.2, -0.15) is 0 Å². The highest BCUT2D eigenvalue weighted by atomic mass is 16.4. The zero-order valence-electron chi connectivity index (χ0n) is 11.9. The minimum Gasteiger partial charge on any atom is -0.478 e. The maximum Gasteiger partial charge on any atom is 0.328 e. The standard InChI is InChI=1S/C16H20N2O3/c19-15(20)8-5-13-3-6-14(7-4-13)16(21)17-9-12-18-10-1-2-11-18/h3-8H,1-2,9-12H2,(H,17,21)(H,19,20). The number of rotatable bonds is 6. The van der Waals surface area contributed by atoms with E-state index >= 15 is 0 Å². The van der Waals surface area contributed by atoms with Gasteiger partial charge in [-0.15, -0.1) is 0 Å². The van der Waals surface area contributed by atoms with Crippen LogP contribution >= 0.6 is 0 Å². The van der Waals surface area contributed by atoms with Gasteiger partial charge in [0.05, 0.1) is 0 Å². The largest absolute Gasteiger partial charge is 0.478 e. The van der Waals surface area contributed by atoms with E-state index in [2.05, 4.69) is 10.2 Å². The zero-order valence-corrected chi connectivity index (χ0v) is 11.9. The van der Waals surface area contributed by atoms with Crippen LogP contribution in [0.5, 0.6) is 0 Å². The van der Waals surface area contributed by atoms with Gasteiger partial charge >= 0.3 is 5.97 Å². The Bertz CT molecular complexity index is 517. The molecule has 21 heavy (non-hydrogen) atoms. The summed E-state index contributed by atoms with van der Waals surface area (Å²) in [6, 6.07) is 6.86. The summed E-state index contributed by atoms with van der Waals surface area (Å²) in [5.41, 5.74) is 1.34. The molecule has 2 N–H and O–H groups in total. The normalized spacial score (nSPS) is 15.4. The maximum atomic E-state index is 12.0. The number of nitrogens with zero attached hydrogens (tertiary/aromatic N) is 1. The quantitative estimate of drug-likeness (QED) is 0.780. The Morgan fingerprint density at radius 2 is 1.86 bits per heavy atom. The van der Waals surface area contributed by atoms with Crippen LogP contribution in [-0.2, 0) is 4.79 Å². The molecule has 1 aliphatic heterocycles. The van der Waals surface area contributed by atoms with Gasteiger partial charge in [0.2, 0.25) is 0 Å². The second-order valence-electron chi connectivity index (χ2n) is 5.10. The number of aliphatic carboxylic acids is 1. The third-order valence-electron chi connectivity index (χ3n) is 3.50. The Morgan fingerprint density at radius 1 is 1.19 bits per heavy atom. The van der Waals surface area contributed by atoms with Gasteiger partial charge in [-0.25, -0.2) is 4.79 Å². The molecule has 1 aromatic carbocycles. The van der Waals surface area contributed by atoms with Crippen molar-refractivity contribution in [3.8, 4) is 0 Å². The first-order valence-corrected chi connectivity index (χ1v) is 7.17. The van der Waals surface area contributed by atoms with Crippen LogP contribution in [0.3, 0.4) is 0 Å². The maximum absolute atomic E-state index is 12.0. The van der Waals surface area contributed by atoms with Crippen molar-refractivity contribution in [1.29, 1.82) is 0 Å². The van der Waals surface area contributed by atoms with Gasteiger partial charge in [0, 0.05) is 24.7 Å². The van der Waals surface area contributed by atoms with Crippen molar-refractivity contribution in [1.82, 2.24) is 10.2 Å². The Labute approximate surface area is 124 Å². The number of carboxylic acids is 1. The van der Waals surface area contributed by atoms with E-state index in [4.69, 9.17) is 5.11 Å². The molecule has 0 saturated carbocycles. The molecule has 0 spiro atoms. The van der Waals surface area contributed by atoms with Gasteiger partial charge in [0.25, 0.3) is 5.91 Å². The molecule has 1 aliphatic rings. The van der Waals surface area contributed by atoms with Gasteiger partial charge in [-0.3, -0.25) is 4.79 Å². The third kappa shape index (κ3) is 5.04. The van der Waals surface area contributed by atoms with E-state index in [9.17, 15) is 9.59 Å². The lowest BCUT2D eigenvalue weighted by molar-refractivity contribution is -0.131. The molecule has 1 aromatic rings. The van der Waals surface area contributed by atoms with Crippen LogP contribution < -0.4 is 5.32 Å². The smallest absolute Gasteiger partial charge is 0.328 e. The first kappa shape index (κ1) is 15.3. The zero-order chi connectivity index (χ0) is 15.1. The highest BCUT2D eigenvalue weighted by Crippen LogP contribution is 2.07. The average molecular weight is 288 g/mol. The van der Waals surface area contributed by atoms with Crippen LogP contribution in [0.25, 0.3) is 6.08 Å². The first-order chi connectivity index (χ1) is 10.1. The fraction of sp³-hybridized carbons (Fsp3) is 0.375. The summed E-state index contributed by atoms with van der Waals surface area (Å²) in [6.07, 6.45) is 5.07. The molecule has 1 amide bonds. The predicted molar refractivity (Wildman–Crippen MR) is 81.1 cm³/mol. The van der Waals surface area contributed by atoms with Crippen molar-refractivity contribution < 1.29 is 14.7 Å². The summed E-state index contributed by atoms with van der Waals surface area (Å²) in [7, 11) is 0. The lowest BCUT2D eigenvalue weighted by Crippen LogP contribution is -2.33. The molecule has 1 heterocycles. The number of carboxylic acid groups (broad SMARTS) is 1. The summed E-state index contributed by atoms with van der Waals surface area (Å²) in [5.74, 6) is -1.08. The second-order valence-corrected chi connectivity index (χ2v) is 5.10. The van der Waals surface area contributed by atoms with E-state index in [-0.39, 0.29) is 5.91 Å². The van der Waals surface area contributed by atoms with Crippen molar-refractivity contribution >= 4 is 18.0 Å². The van der Waals surface area contributed by atoms with E-state index in [0.29, 0.717) is 12.1 Å². The number of hydrogen-bond acceptors (Lipinski definition) is 3. The van der Waals surface area contributed by atoms with Gasteiger partial charge < -0.3 is 15.3 Å². The van der Waals surface area contributed by atoms with Gasteiger partial charge in [0.1, 0.15) is 0 Å². The molecule has 5 heteroatoms. The van der Waals surface area contributed by atoms with Crippen molar-refractivity contribution in [2.75, 3.05) is 26.2 Å². The van der Waals surface area contributed by atoms with Crippen LogP contribution in [0.15, 0.2) is 30.3 Å². The number of benzene rings is 1. The predicted octanol–water partition coefficient (Wildman–Crippen LogP) is 1.61. The fourth-order valence-corrected chi connectivity index (χ4v) is 2.35. The lowest BCUT2D eigenvalue weighted by Gasteiger charge is -2.14. The Kier molecular flexibility index (Phi) is 5.51. The molecule has 0 aliphatic carbocycles. The molecule has 5 nitrogen and oxygen atoms in total. The van der Waals surface area contributed by atoms with Crippen molar-refractivity contribution in [2.45, 2.75) is 12.8 Å². The third-order valence-corrected chi connectivity index (χ3v) is 3.50. The summed E-state index contributed by atoms with van der Waals surface area (Å²) in [4.78, 5) is 24.7. The average Bonchev–Trinajstić information content (AvgIpc) is 2.99. The number of carbonyl (C=O) groups is 2. The minimum atomic E-state index is -0.987. The molecule has 0 aromatic heterocycles. The van der Waals surface area contributed by atoms with Crippen LogP contribution in [0.1, 0.15) is 28.8 Å². The summed E-state index contributed by atoms with van der Waals surface area (Å²) in [5, 5.41) is 11.5. The summed E-state index contributed by atoms with van der Waals surface area (Å²) < 4.78 is 0. The molecule has 2 rings (SSSR count). The summed E-state index contributed by atoms with van der Waals surface area (Å²) in [6.45, 7) is 3.80. The van der Waals surface area contributed by atoms with Gasteiger partial charge in [-0.05, 0) is 49.7 Å². The molecule has 1 fully saturated rings. The van der Waals surface area contributed by atoms with Crippen LogP contribution in [0.4, 0.5) is 0 Å². The molecule has 0 bridgehead atoms. The molecule has 0 atom stereocenters. The number of hydrogen-bond donors (Lipinski definition) is 2. The van der Waals surface area contributed by atoms with Crippen molar-refractivity contribution in [3.05, 3.63) is 41.5 Å². The summed E-state index contributed by atoms with van der Waals surface area (Å²) >= 11 is 0. The topological polar surface area (TPSA) is 69.6 Å². The molecule has 0 unspecified atom stereocenters. The SMILES string of the molecule is O=C(O)C=Cc1ccc(C(=O)NCCN2CCCC2)cc1. The van der Waals surface area contributed by atoms with Crippen LogP contribution in [0, 0.1) is 0 Å². The fourth-order valence-electron chi connectivity index (χ4n) is 2.35.